The number of ether oxygens (including phenoxy) is 4. The van der Waals surface area contributed by atoms with Gasteiger partial charge in [-0.15, -0.1) is 0 Å². The maximum Gasteiger partial charge on any atom is 0.160 e. The van der Waals surface area contributed by atoms with Crippen molar-refractivity contribution in [2.75, 3.05) is 33.8 Å². The van der Waals surface area contributed by atoms with Gasteiger partial charge in [-0.05, 0) is 48.9 Å². The molecule has 0 N–H and O–H groups in total. The zero-order chi connectivity index (χ0) is 24.7. The Morgan fingerprint density at radius 3 is 2.66 bits per heavy atom. The Bertz CT molecular complexity index is 924. The van der Waals surface area contributed by atoms with E-state index in [1.54, 1.807) is 6.07 Å². The maximum atomic E-state index is 7.31. The number of likely N-dealkylation sites (tertiary alicyclic amines) is 1. The van der Waals surface area contributed by atoms with E-state index in [1.165, 1.54) is 31.9 Å². The van der Waals surface area contributed by atoms with Gasteiger partial charge in [0.15, 0.2) is 11.5 Å². The molecule has 2 aliphatic rings. The first-order chi connectivity index (χ1) is 16.9. The summed E-state index contributed by atoms with van der Waals surface area (Å²) in [5, 5.41) is 0. The van der Waals surface area contributed by atoms with Crippen LogP contribution in [0.25, 0.3) is 0 Å². The third-order valence-electron chi connectivity index (χ3n) is 6.70. The molecule has 4 rings (SSSR count). The van der Waals surface area contributed by atoms with Crippen molar-refractivity contribution in [2.45, 2.75) is 63.4 Å². The van der Waals surface area contributed by atoms with Crippen molar-refractivity contribution in [1.82, 2.24) is 4.90 Å². The molecule has 5 heteroatoms. The number of rotatable bonds is 10. The Balaban J connectivity index is 1.26. The molecule has 2 unspecified atom stereocenters. The third-order valence-corrected chi connectivity index (χ3v) is 6.70. The fraction of sp³-hybridized carbons (Fsp3) is 0.556. The van der Waals surface area contributed by atoms with E-state index >= 15 is 0 Å². The van der Waals surface area contributed by atoms with Gasteiger partial charge in [-0.2, -0.15) is 0 Å². The number of methoxy groups -OCH3 is 2. The van der Waals surface area contributed by atoms with E-state index in [2.05, 4.69) is 29.2 Å². The minimum Gasteiger partial charge on any atom is -0.493 e. The third kappa shape index (κ3) is 6.03. The monoisotopic (exact) mass is 442 g/mol. The van der Waals surface area contributed by atoms with Crippen LogP contribution in [0.4, 0.5) is 0 Å². The SMILES string of the molecule is [2H]C([2H])([2H])Oc1ccc(CCOC2CCCCC2N2CC[C@H](OCc3ccccc3)C2)cc1OC. The standard InChI is InChI=1S/C27H37NO4/c1-29-26-13-12-21(18-27(26)30-2)15-17-31-25-11-7-6-10-24(25)28-16-14-23(19-28)32-20-22-8-4-3-5-9-22/h3-5,8-9,12-13,18,23-25H,6-7,10-11,14-17,19-20H2,1-2H3/t23-,24?,25?/m0/s1/i1D3. The van der Waals surface area contributed by atoms with Crippen LogP contribution in [0.3, 0.4) is 0 Å². The Morgan fingerprint density at radius 1 is 0.938 bits per heavy atom. The van der Waals surface area contributed by atoms with E-state index in [-0.39, 0.29) is 18.0 Å². The lowest BCUT2D eigenvalue weighted by Crippen LogP contribution is -2.46. The van der Waals surface area contributed by atoms with Gasteiger partial charge in [0.1, 0.15) is 0 Å². The van der Waals surface area contributed by atoms with Gasteiger partial charge in [-0.1, -0.05) is 49.2 Å². The largest absolute Gasteiger partial charge is 0.493 e. The summed E-state index contributed by atoms with van der Waals surface area (Å²) in [4.78, 5) is 2.57. The van der Waals surface area contributed by atoms with Crippen LogP contribution in [0.15, 0.2) is 48.5 Å². The van der Waals surface area contributed by atoms with Gasteiger partial charge in [0.25, 0.3) is 0 Å². The van der Waals surface area contributed by atoms with Crippen molar-refractivity contribution >= 4 is 0 Å². The molecular weight excluding hydrogens is 402 g/mol. The van der Waals surface area contributed by atoms with Crippen LogP contribution in [0.2, 0.25) is 0 Å². The Morgan fingerprint density at radius 2 is 1.81 bits per heavy atom. The van der Waals surface area contributed by atoms with Crippen LogP contribution in [0.5, 0.6) is 11.5 Å². The van der Waals surface area contributed by atoms with Crippen molar-refractivity contribution in [3.8, 4) is 11.5 Å². The molecule has 1 saturated carbocycles. The Hall–Kier alpha value is -2.08. The molecule has 0 aromatic heterocycles. The first-order valence-corrected chi connectivity index (χ1v) is 11.8. The lowest BCUT2D eigenvalue weighted by Gasteiger charge is -2.37. The number of nitrogens with zero attached hydrogens (tertiary/aromatic N) is 1. The fourth-order valence-corrected chi connectivity index (χ4v) is 4.95. The van der Waals surface area contributed by atoms with E-state index in [0.29, 0.717) is 25.0 Å². The van der Waals surface area contributed by atoms with Crippen LogP contribution >= 0.6 is 0 Å². The predicted octanol–water partition coefficient (Wildman–Crippen LogP) is 4.87. The highest BCUT2D eigenvalue weighted by molar-refractivity contribution is 5.42. The van der Waals surface area contributed by atoms with Crippen LogP contribution in [0, 0.1) is 0 Å². The molecule has 0 amide bonds. The van der Waals surface area contributed by atoms with Crippen LogP contribution in [-0.2, 0) is 22.5 Å². The quantitative estimate of drug-likeness (QED) is 0.525. The van der Waals surface area contributed by atoms with E-state index in [9.17, 15) is 0 Å². The van der Waals surface area contributed by atoms with Gasteiger partial charge in [-0.3, -0.25) is 4.90 Å². The summed E-state index contributed by atoms with van der Waals surface area (Å²) >= 11 is 0. The zero-order valence-corrected chi connectivity index (χ0v) is 19.0. The van der Waals surface area contributed by atoms with Crippen LogP contribution in [0.1, 0.15) is 47.3 Å². The normalized spacial score (nSPS) is 25.7. The first-order valence-electron chi connectivity index (χ1n) is 13.3. The molecule has 32 heavy (non-hydrogen) atoms. The highest BCUT2D eigenvalue weighted by atomic mass is 16.5. The van der Waals surface area contributed by atoms with Crippen molar-refractivity contribution in [1.29, 1.82) is 0 Å². The predicted molar refractivity (Wildman–Crippen MR) is 126 cm³/mol. The number of hydrogen-bond donors (Lipinski definition) is 0. The summed E-state index contributed by atoms with van der Waals surface area (Å²) in [6, 6.07) is 16.2. The molecule has 1 heterocycles. The lowest BCUT2D eigenvalue weighted by atomic mass is 9.91. The minimum absolute atomic E-state index is 0.225. The van der Waals surface area contributed by atoms with Gasteiger partial charge >= 0.3 is 0 Å². The molecule has 0 spiro atoms. The second-order valence-corrected chi connectivity index (χ2v) is 8.80. The fourth-order valence-electron chi connectivity index (χ4n) is 4.95. The van der Waals surface area contributed by atoms with E-state index in [4.69, 9.17) is 23.1 Å². The maximum absolute atomic E-state index is 7.31. The molecule has 2 fully saturated rings. The second kappa shape index (κ2) is 11.7. The molecule has 0 bridgehead atoms. The average molecular weight is 443 g/mol. The summed E-state index contributed by atoms with van der Waals surface area (Å²) in [5.74, 6) is 0.648. The van der Waals surface area contributed by atoms with Crippen molar-refractivity contribution in [3.05, 3.63) is 59.7 Å². The topological polar surface area (TPSA) is 40.2 Å². The van der Waals surface area contributed by atoms with Gasteiger partial charge in [-0.25, -0.2) is 0 Å². The Labute approximate surface area is 196 Å². The average Bonchev–Trinajstić information content (AvgIpc) is 3.32. The number of hydrogen-bond acceptors (Lipinski definition) is 5. The van der Waals surface area contributed by atoms with E-state index in [1.807, 2.05) is 18.2 Å². The highest BCUT2D eigenvalue weighted by Crippen LogP contribution is 2.30. The second-order valence-electron chi connectivity index (χ2n) is 8.80. The van der Waals surface area contributed by atoms with E-state index in [0.717, 1.165) is 37.9 Å². The summed E-state index contributed by atoms with van der Waals surface area (Å²) in [6.07, 6.45) is 7.03. The number of benzene rings is 2. The molecule has 1 aliphatic carbocycles. The van der Waals surface area contributed by atoms with Crippen molar-refractivity contribution in [2.24, 2.45) is 0 Å². The molecular formula is C27H37NO4. The van der Waals surface area contributed by atoms with E-state index < -0.39 is 7.04 Å². The summed E-state index contributed by atoms with van der Waals surface area (Å²) in [7, 11) is -0.990. The zero-order valence-electron chi connectivity index (χ0n) is 22.0. The highest BCUT2D eigenvalue weighted by Gasteiger charge is 2.35. The van der Waals surface area contributed by atoms with Crippen LogP contribution < -0.4 is 9.47 Å². The molecule has 0 radical (unpaired) electrons. The molecule has 2 aromatic rings. The lowest BCUT2D eigenvalue weighted by molar-refractivity contribution is -0.0352. The van der Waals surface area contributed by atoms with Crippen LogP contribution in [-0.4, -0.2) is 57.0 Å². The molecule has 2 aromatic carbocycles. The summed E-state index contributed by atoms with van der Waals surface area (Å²) in [5.41, 5.74) is 2.25. The Kier molecular flexibility index (Phi) is 7.08. The molecule has 5 nitrogen and oxygen atoms in total. The van der Waals surface area contributed by atoms with Crippen molar-refractivity contribution in [3.63, 3.8) is 0 Å². The molecule has 174 valence electrons. The summed E-state index contributed by atoms with van der Waals surface area (Å²) < 4.78 is 44.9. The van der Waals surface area contributed by atoms with Gasteiger partial charge in [0, 0.05) is 19.1 Å². The molecule has 1 aliphatic heterocycles. The van der Waals surface area contributed by atoms with Gasteiger partial charge in [0.05, 0.1) is 43.7 Å². The molecule has 1 saturated heterocycles. The van der Waals surface area contributed by atoms with Crippen molar-refractivity contribution < 1.29 is 23.1 Å². The molecule has 3 atom stereocenters. The first kappa shape index (κ1) is 19.4. The smallest absolute Gasteiger partial charge is 0.160 e. The van der Waals surface area contributed by atoms with Gasteiger partial charge in [0.2, 0.25) is 0 Å². The van der Waals surface area contributed by atoms with Gasteiger partial charge < -0.3 is 18.9 Å². The minimum atomic E-state index is -2.50. The summed E-state index contributed by atoms with van der Waals surface area (Å²) in [6.45, 7) is 3.32.